The standard InChI is InChI=1S/C23H24FN3O5/c24-20-5-4-16(11-26-6-8-31-9-7-26)10-17(20)14-32-21-3-1-2-18-19(21)12-27(23(18)30)13-22(29)25-15-28/h1-5,10,15H,6-9,11-14H2,(H,25,28,29). The van der Waals surface area contributed by atoms with Crippen molar-refractivity contribution in [2.45, 2.75) is 19.7 Å². The Labute approximate surface area is 184 Å². The van der Waals surface area contributed by atoms with Gasteiger partial charge in [-0.2, -0.15) is 0 Å². The first kappa shape index (κ1) is 21.9. The first-order valence-electron chi connectivity index (χ1n) is 10.4. The number of imide groups is 1. The minimum Gasteiger partial charge on any atom is -0.488 e. The SMILES string of the molecule is O=CNC(=O)CN1Cc2c(OCc3cc(CN4CCOCC4)ccc3F)cccc2C1=O. The highest BCUT2D eigenvalue weighted by molar-refractivity contribution is 6.01. The van der Waals surface area contributed by atoms with Crippen LogP contribution in [0.5, 0.6) is 5.75 Å². The first-order chi connectivity index (χ1) is 15.5. The Bertz CT molecular complexity index is 1020. The second-order valence-corrected chi connectivity index (χ2v) is 7.73. The smallest absolute Gasteiger partial charge is 0.255 e. The molecule has 2 aromatic rings. The van der Waals surface area contributed by atoms with E-state index >= 15 is 0 Å². The zero-order valence-electron chi connectivity index (χ0n) is 17.5. The van der Waals surface area contributed by atoms with E-state index in [1.54, 1.807) is 30.3 Å². The van der Waals surface area contributed by atoms with Gasteiger partial charge in [-0.15, -0.1) is 0 Å². The third-order valence-electron chi connectivity index (χ3n) is 5.56. The van der Waals surface area contributed by atoms with E-state index in [0.717, 1.165) is 18.7 Å². The highest BCUT2D eigenvalue weighted by Gasteiger charge is 2.31. The third kappa shape index (κ3) is 4.95. The van der Waals surface area contributed by atoms with Crippen LogP contribution in [0.25, 0.3) is 0 Å². The maximum absolute atomic E-state index is 14.4. The summed E-state index contributed by atoms with van der Waals surface area (Å²) in [6.45, 7) is 3.75. The number of carbonyl (C=O) groups excluding carboxylic acids is 3. The number of morpholine rings is 1. The number of nitrogens with zero attached hydrogens (tertiary/aromatic N) is 2. The van der Waals surface area contributed by atoms with Crippen molar-refractivity contribution in [3.63, 3.8) is 0 Å². The summed E-state index contributed by atoms with van der Waals surface area (Å²) >= 11 is 0. The Kier molecular flexibility index (Phi) is 6.77. The largest absolute Gasteiger partial charge is 0.488 e. The molecule has 32 heavy (non-hydrogen) atoms. The van der Waals surface area contributed by atoms with E-state index in [1.807, 2.05) is 5.32 Å². The van der Waals surface area contributed by atoms with Crippen LogP contribution in [0.3, 0.4) is 0 Å². The Balaban J connectivity index is 1.44. The fourth-order valence-corrected chi connectivity index (χ4v) is 3.92. The van der Waals surface area contributed by atoms with Gasteiger partial charge in [-0.3, -0.25) is 24.6 Å². The van der Waals surface area contributed by atoms with Crippen LogP contribution >= 0.6 is 0 Å². The molecule has 0 saturated carbocycles. The fourth-order valence-electron chi connectivity index (χ4n) is 3.92. The molecule has 2 aliphatic heterocycles. The average Bonchev–Trinajstić information content (AvgIpc) is 3.11. The minimum absolute atomic E-state index is 0.0130. The van der Waals surface area contributed by atoms with Crippen molar-refractivity contribution >= 4 is 18.2 Å². The molecule has 0 spiro atoms. The van der Waals surface area contributed by atoms with Gasteiger partial charge in [0.25, 0.3) is 5.91 Å². The summed E-state index contributed by atoms with van der Waals surface area (Å²) in [5.74, 6) is -0.772. The lowest BCUT2D eigenvalue weighted by molar-refractivity contribution is -0.125. The monoisotopic (exact) mass is 441 g/mol. The van der Waals surface area contributed by atoms with Crippen LogP contribution in [-0.2, 0) is 34.0 Å². The van der Waals surface area contributed by atoms with Crippen LogP contribution in [0, 0.1) is 5.82 Å². The molecule has 0 aromatic heterocycles. The zero-order chi connectivity index (χ0) is 22.5. The van der Waals surface area contributed by atoms with Crippen molar-refractivity contribution in [2.24, 2.45) is 0 Å². The van der Waals surface area contributed by atoms with Gasteiger partial charge < -0.3 is 14.4 Å². The molecule has 1 fully saturated rings. The van der Waals surface area contributed by atoms with E-state index in [0.29, 0.717) is 42.2 Å². The van der Waals surface area contributed by atoms with E-state index in [1.165, 1.54) is 11.0 Å². The maximum Gasteiger partial charge on any atom is 0.255 e. The van der Waals surface area contributed by atoms with Crippen molar-refractivity contribution in [1.82, 2.24) is 15.1 Å². The summed E-state index contributed by atoms with van der Waals surface area (Å²) < 4.78 is 25.7. The molecule has 0 bridgehead atoms. The Morgan fingerprint density at radius 3 is 2.81 bits per heavy atom. The molecule has 8 nitrogen and oxygen atoms in total. The maximum atomic E-state index is 14.4. The number of halogens is 1. The summed E-state index contributed by atoms with van der Waals surface area (Å²) in [6.07, 6.45) is 0.284. The van der Waals surface area contributed by atoms with Gasteiger partial charge in [0.05, 0.1) is 19.8 Å². The molecule has 0 unspecified atom stereocenters. The Morgan fingerprint density at radius 2 is 2.03 bits per heavy atom. The van der Waals surface area contributed by atoms with Crippen molar-refractivity contribution in [2.75, 3.05) is 32.8 Å². The van der Waals surface area contributed by atoms with Gasteiger partial charge in [-0.05, 0) is 29.8 Å². The molecule has 1 N–H and O–H groups in total. The minimum atomic E-state index is -0.567. The molecular formula is C23H24FN3O5. The molecule has 2 aromatic carbocycles. The number of hydrogen-bond donors (Lipinski definition) is 1. The highest BCUT2D eigenvalue weighted by Crippen LogP contribution is 2.31. The molecule has 0 radical (unpaired) electrons. The van der Waals surface area contributed by atoms with E-state index in [4.69, 9.17) is 9.47 Å². The summed E-state index contributed by atoms with van der Waals surface area (Å²) in [5, 5.41) is 2.02. The molecule has 2 aliphatic rings. The van der Waals surface area contributed by atoms with Crippen molar-refractivity contribution in [3.05, 3.63) is 64.5 Å². The van der Waals surface area contributed by atoms with Crippen LogP contribution in [0.2, 0.25) is 0 Å². The Hall–Kier alpha value is -3.30. The average molecular weight is 441 g/mol. The summed E-state index contributed by atoms with van der Waals surface area (Å²) in [4.78, 5) is 38.3. The quantitative estimate of drug-likeness (QED) is 0.625. The van der Waals surface area contributed by atoms with Crippen molar-refractivity contribution in [3.8, 4) is 5.75 Å². The molecule has 9 heteroatoms. The fraction of sp³-hybridized carbons (Fsp3) is 0.348. The predicted octanol–water partition coefficient (Wildman–Crippen LogP) is 1.47. The highest BCUT2D eigenvalue weighted by atomic mass is 19.1. The Morgan fingerprint density at radius 1 is 1.22 bits per heavy atom. The van der Waals surface area contributed by atoms with Crippen LogP contribution in [0.4, 0.5) is 4.39 Å². The number of hydrogen-bond acceptors (Lipinski definition) is 6. The number of nitrogens with one attached hydrogen (secondary N) is 1. The second kappa shape index (κ2) is 9.88. The molecular weight excluding hydrogens is 417 g/mol. The van der Waals surface area contributed by atoms with Crippen LogP contribution in [0.15, 0.2) is 36.4 Å². The van der Waals surface area contributed by atoms with Gasteiger partial charge in [0.15, 0.2) is 0 Å². The van der Waals surface area contributed by atoms with Gasteiger partial charge in [0.1, 0.15) is 24.7 Å². The number of carbonyl (C=O) groups is 3. The lowest BCUT2D eigenvalue weighted by Crippen LogP contribution is -2.36. The number of fused-ring (bicyclic) bond motifs is 1. The third-order valence-corrected chi connectivity index (χ3v) is 5.56. The molecule has 1 saturated heterocycles. The normalized spacial score (nSPS) is 16.0. The first-order valence-corrected chi connectivity index (χ1v) is 10.4. The molecule has 2 heterocycles. The molecule has 0 aliphatic carbocycles. The molecule has 3 amide bonds. The number of ether oxygens (including phenoxy) is 2. The lowest BCUT2D eigenvalue weighted by atomic mass is 10.1. The topological polar surface area (TPSA) is 88.2 Å². The molecule has 4 rings (SSSR count). The van der Waals surface area contributed by atoms with Crippen LogP contribution in [-0.4, -0.2) is 60.9 Å². The van der Waals surface area contributed by atoms with Crippen molar-refractivity contribution in [1.29, 1.82) is 0 Å². The number of amides is 3. The van der Waals surface area contributed by atoms with Crippen LogP contribution in [0.1, 0.15) is 27.0 Å². The summed E-state index contributed by atoms with van der Waals surface area (Å²) in [5.41, 5.74) is 2.50. The summed E-state index contributed by atoms with van der Waals surface area (Å²) in [6, 6.07) is 10.1. The van der Waals surface area contributed by atoms with Gasteiger partial charge in [-0.1, -0.05) is 12.1 Å². The second-order valence-electron chi connectivity index (χ2n) is 7.73. The van der Waals surface area contributed by atoms with Crippen LogP contribution < -0.4 is 10.1 Å². The van der Waals surface area contributed by atoms with E-state index in [2.05, 4.69) is 4.90 Å². The summed E-state index contributed by atoms with van der Waals surface area (Å²) in [7, 11) is 0. The van der Waals surface area contributed by atoms with Gasteiger partial charge >= 0.3 is 0 Å². The van der Waals surface area contributed by atoms with E-state index in [9.17, 15) is 18.8 Å². The van der Waals surface area contributed by atoms with Crippen molar-refractivity contribution < 1.29 is 28.2 Å². The zero-order valence-corrected chi connectivity index (χ0v) is 17.5. The lowest BCUT2D eigenvalue weighted by Gasteiger charge is -2.26. The van der Waals surface area contributed by atoms with Gasteiger partial charge in [0, 0.05) is 36.3 Å². The molecule has 168 valence electrons. The number of rotatable bonds is 8. The van der Waals surface area contributed by atoms with Gasteiger partial charge in [-0.25, -0.2) is 4.39 Å². The van der Waals surface area contributed by atoms with E-state index < -0.39 is 5.91 Å². The number of benzene rings is 2. The molecule has 0 atom stereocenters. The van der Waals surface area contributed by atoms with E-state index in [-0.39, 0.29) is 37.8 Å². The predicted molar refractivity (Wildman–Crippen MR) is 112 cm³/mol. The van der Waals surface area contributed by atoms with Gasteiger partial charge in [0.2, 0.25) is 12.3 Å².